The predicted molar refractivity (Wildman–Crippen MR) is 93.9 cm³/mol. The van der Waals surface area contributed by atoms with Crippen LogP contribution in [0.15, 0.2) is 48.5 Å². The fourth-order valence-electron chi connectivity index (χ4n) is 2.26. The van der Waals surface area contributed by atoms with E-state index < -0.39 is 5.91 Å². The Balaban J connectivity index is 1.53. The standard InChI is InChI=1S/C19H19N3O3/c1-12-2-4-14(5-3-12)18(24)21-22-19(25)15-8-10-16(11-9-15)20-17(23)13-6-7-13/h2-5,8-11,13H,6-7H2,1H3,(H,20,23)(H,21,24)(H,22,25). The van der Waals surface area contributed by atoms with Crippen molar-refractivity contribution in [1.82, 2.24) is 10.9 Å². The van der Waals surface area contributed by atoms with E-state index in [2.05, 4.69) is 16.2 Å². The van der Waals surface area contributed by atoms with Gasteiger partial charge in [-0.15, -0.1) is 0 Å². The molecule has 0 bridgehead atoms. The molecule has 3 rings (SSSR count). The minimum atomic E-state index is -0.430. The highest BCUT2D eigenvalue weighted by molar-refractivity contribution is 5.99. The van der Waals surface area contributed by atoms with Gasteiger partial charge in [0.1, 0.15) is 0 Å². The van der Waals surface area contributed by atoms with Crippen molar-refractivity contribution in [2.45, 2.75) is 19.8 Å². The van der Waals surface area contributed by atoms with E-state index in [1.807, 2.05) is 19.1 Å². The summed E-state index contributed by atoms with van der Waals surface area (Å²) in [7, 11) is 0. The van der Waals surface area contributed by atoms with Crippen molar-refractivity contribution in [2.24, 2.45) is 5.92 Å². The Morgan fingerprint density at radius 2 is 1.28 bits per heavy atom. The van der Waals surface area contributed by atoms with Crippen LogP contribution in [-0.2, 0) is 4.79 Å². The van der Waals surface area contributed by atoms with Crippen molar-refractivity contribution >= 4 is 23.4 Å². The zero-order valence-electron chi connectivity index (χ0n) is 13.8. The van der Waals surface area contributed by atoms with Crippen LogP contribution in [0.5, 0.6) is 0 Å². The van der Waals surface area contributed by atoms with Crippen LogP contribution in [0.25, 0.3) is 0 Å². The lowest BCUT2D eigenvalue weighted by atomic mass is 10.1. The molecular formula is C19H19N3O3. The maximum absolute atomic E-state index is 12.1. The first-order chi connectivity index (χ1) is 12.0. The Labute approximate surface area is 145 Å². The normalized spacial score (nSPS) is 13.0. The lowest BCUT2D eigenvalue weighted by molar-refractivity contribution is -0.117. The van der Waals surface area contributed by atoms with Crippen molar-refractivity contribution in [3.8, 4) is 0 Å². The van der Waals surface area contributed by atoms with Gasteiger partial charge in [0.15, 0.2) is 0 Å². The molecule has 25 heavy (non-hydrogen) atoms. The van der Waals surface area contributed by atoms with Crippen LogP contribution < -0.4 is 16.2 Å². The minimum absolute atomic E-state index is 0.0163. The number of hydrazine groups is 1. The molecule has 1 fully saturated rings. The smallest absolute Gasteiger partial charge is 0.269 e. The number of carbonyl (C=O) groups is 3. The molecule has 128 valence electrons. The van der Waals surface area contributed by atoms with E-state index in [0.29, 0.717) is 16.8 Å². The molecule has 3 amide bonds. The second-order valence-electron chi connectivity index (χ2n) is 6.12. The third-order valence-corrected chi connectivity index (χ3v) is 3.97. The van der Waals surface area contributed by atoms with Gasteiger partial charge in [0.25, 0.3) is 11.8 Å². The highest BCUT2D eigenvalue weighted by Gasteiger charge is 2.29. The molecule has 6 nitrogen and oxygen atoms in total. The SMILES string of the molecule is Cc1ccc(C(=O)NNC(=O)c2ccc(NC(=O)C3CC3)cc2)cc1. The number of amides is 3. The van der Waals surface area contributed by atoms with Gasteiger partial charge in [0.05, 0.1) is 0 Å². The number of aryl methyl sites for hydroxylation is 1. The first-order valence-corrected chi connectivity index (χ1v) is 8.11. The minimum Gasteiger partial charge on any atom is -0.326 e. The fraction of sp³-hybridized carbons (Fsp3) is 0.211. The summed E-state index contributed by atoms with van der Waals surface area (Å²) in [4.78, 5) is 35.7. The van der Waals surface area contributed by atoms with Gasteiger partial charge in [0, 0.05) is 22.7 Å². The molecule has 1 saturated carbocycles. The third-order valence-electron chi connectivity index (χ3n) is 3.97. The van der Waals surface area contributed by atoms with Crippen molar-refractivity contribution < 1.29 is 14.4 Å². The molecule has 0 atom stereocenters. The van der Waals surface area contributed by atoms with Crippen LogP contribution in [0, 0.1) is 12.8 Å². The number of nitrogens with one attached hydrogen (secondary N) is 3. The maximum atomic E-state index is 12.1. The van der Waals surface area contributed by atoms with Crippen molar-refractivity contribution in [3.05, 3.63) is 65.2 Å². The van der Waals surface area contributed by atoms with E-state index in [1.54, 1.807) is 36.4 Å². The largest absolute Gasteiger partial charge is 0.326 e. The molecule has 0 aromatic heterocycles. The maximum Gasteiger partial charge on any atom is 0.269 e. The average molecular weight is 337 g/mol. The quantitative estimate of drug-likeness (QED) is 0.749. The van der Waals surface area contributed by atoms with Gasteiger partial charge in [-0.3, -0.25) is 25.2 Å². The Hall–Kier alpha value is -3.15. The summed E-state index contributed by atoms with van der Waals surface area (Å²) in [6.07, 6.45) is 1.88. The molecule has 0 spiro atoms. The molecule has 1 aliphatic rings. The summed E-state index contributed by atoms with van der Waals surface area (Å²) < 4.78 is 0. The van der Waals surface area contributed by atoms with E-state index in [1.165, 1.54) is 0 Å². The molecule has 3 N–H and O–H groups in total. The van der Waals surface area contributed by atoms with Crippen molar-refractivity contribution in [1.29, 1.82) is 0 Å². The predicted octanol–water partition coefficient (Wildman–Crippen LogP) is 2.42. The summed E-state index contributed by atoms with van der Waals surface area (Å²) in [5.74, 6) is -0.676. The summed E-state index contributed by atoms with van der Waals surface area (Å²) in [5, 5.41) is 2.81. The number of carbonyl (C=O) groups excluding carboxylic acids is 3. The van der Waals surface area contributed by atoms with Gasteiger partial charge in [0.2, 0.25) is 5.91 Å². The third kappa shape index (κ3) is 4.44. The van der Waals surface area contributed by atoms with Crippen LogP contribution >= 0.6 is 0 Å². The highest BCUT2D eigenvalue weighted by Crippen LogP contribution is 2.30. The van der Waals surface area contributed by atoms with E-state index in [9.17, 15) is 14.4 Å². The average Bonchev–Trinajstić information content (AvgIpc) is 3.46. The van der Waals surface area contributed by atoms with E-state index in [0.717, 1.165) is 18.4 Å². The Bertz CT molecular complexity index is 794. The van der Waals surface area contributed by atoms with Gasteiger partial charge in [-0.2, -0.15) is 0 Å². The molecule has 2 aromatic rings. The van der Waals surface area contributed by atoms with Gasteiger partial charge in [-0.25, -0.2) is 0 Å². The number of benzene rings is 2. The topological polar surface area (TPSA) is 87.3 Å². The van der Waals surface area contributed by atoms with Gasteiger partial charge < -0.3 is 5.32 Å². The van der Waals surface area contributed by atoms with Crippen LogP contribution in [0.3, 0.4) is 0 Å². The van der Waals surface area contributed by atoms with Crippen LogP contribution in [0.2, 0.25) is 0 Å². The van der Waals surface area contributed by atoms with Crippen LogP contribution in [0.4, 0.5) is 5.69 Å². The van der Waals surface area contributed by atoms with Gasteiger partial charge in [-0.1, -0.05) is 17.7 Å². The molecule has 0 radical (unpaired) electrons. The van der Waals surface area contributed by atoms with E-state index in [4.69, 9.17) is 0 Å². The lowest BCUT2D eigenvalue weighted by Crippen LogP contribution is -2.41. The Morgan fingerprint density at radius 1 is 0.800 bits per heavy atom. The molecule has 2 aromatic carbocycles. The molecular weight excluding hydrogens is 318 g/mol. The van der Waals surface area contributed by atoms with Gasteiger partial charge >= 0.3 is 0 Å². The van der Waals surface area contributed by atoms with Crippen LogP contribution in [-0.4, -0.2) is 17.7 Å². The van der Waals surface area contributed by atoms with Crippen molar-refractivity contribution in [2.75, 3.05) is 5.32 Å². The lowest BCUT2D eigenvalue weighted by Gasteiger charge is -2.09. The summed E-state index contributed by atoms with van der Waals surface area (Å²) in [6.45, 7) is 1.93. The molecule has 0 unspecified atom stereocenters. The Kier molecular flexibility index (Phi) is 4.79. The molecule has 0 saturated heterocycles. The zero-order valence-corrected chi connectivity index (χ0v) is 13.8. The summed E-state index contributed by atoms with van der Waals surface area (Å²) in [5.41, 5.74) is 7.30. The molecule has 6 heteroatoms. The number of anilines is 1. The second-order valence-corrected chi connectivity index (χ2v) is 6.12. The first kappa shape index (κ1) is 16.7. The molecule has 0 heterocycles. The Morgan fingerprint density at radius 3 is 1.76 bits per heavy atom. The number of rotatable bonds is 4. The summed E-state index contributed by atoms with van der Waals surface area (Å²) in [6, 6.07) is 13.5. The highest BCUT2D eigenvalue weighted by atomic mass is 16.2. The molecule has 1 aliphatic carbocycles. The van der Waals surface area contributed by atoms with Crippen molar-refractivity contribution in [3.63, 3.8) is 0 Å². The summed E-state index contributed by atoms with van der Waals surface area (Å²) >= 11 is 0. The fourth-order valence-corrected chi connectivity index (χ4v) is 2.26. The number of hydrogen-bond donors (Lipinski definition) is 3. The van der Waals surface area contributed by atoms with Crippen LogP contribution in [0.1, 0.15) is 39.1 Å². The first-order valence-electron chi connectivity index (χ1n) is 8.11. The second kappa shape index (κ2) is 7.17. The van der Waals surface area contributed by atoms with E-state index in [-0.39, 0.29) is 17.7 Å². The zero-order chi connectivity index (χ0) is 17.8. The number of hydrogen-bond acceptors (Lipinski definition) is 3. The van der Waals surface area contributed by atoms with E-state index >= 15 is 0 Å². The molecule has 0 aliphatic heterocycles. The monoisotopic (exact) mass is 337 g/mol. The van der Waals surface area contributed by atoms with Gasteiger partial charge in [-0.05, 0) is 56.2 Å².